The number of hydrogen-bond donors (Lipinski definition) is 2. The number of Topliss-reactive ketones (excluding diaryl/α,β-unsaturated/α-hetero) is 1. The standard InChI is InChI=1S/C26H30Cl2N4O2/c1-5-23(34-24-13-18(27)8-6-16(24)2)25(33)21-15-32(11-10-31(3)4)22-12-17(7-9-19(21)22)20(14-29)26(28)30/h6-9,12-15,23,30H,5,10-11,29H2,1-4H3/b20-14-,30-26?. The zero-order chi connectivity index (χ0) is 25.0. The van der Waals surface area contributed by atoms with Gasteiger partial charge in [-0.3, -0.25) is 10.2 Å². The molecular formula is C26H30Cl2N4O2. The third-order valence-electron chi connectivity index (χ3n) is 5.73. The fourth-order valence-corrected chi connectivity index (χ4v) is 4.13. The van der Waals surface area contributed by atoms with Gasteiger partial charge in [0.15, 0.2) is 6.10 Å². The number of nitrogens with one attached hydrogen (secondary N) is 1. The number of nitrogens with zero attached hydrogens (tertiary/aromatic N) is 2. The number of carbonyl (C=O) groups excluding carboxylic acids is 1. The summed E-state index contributed by atoms with van der Waals surface area (Å²) in [4.78, 5) is 15.7. The van der Waals surface area contributed by atoms with Crippen LogP contribution in [0.1, 0.15) is 34.8 Å². The third kappa shape index (κ3) is 5.63. The number of benzene rings is 2. The Kier molecular flexibility index (Phi) is 8.42. The van der Waals surface area contributed by atoms with E-state index >= 15 is 0 Å². The number of rotatable bonds is 10. The van der Waals surface area contributed by atoms with Gasteiger partial charge in [-0.25, -0.2) is 0 Å². The predicted molar refractivity (Wildman–Crippen MR) is 141 cm³/mol. The quantitative estimate of drug-likeness (QED) is 0.275. The van der Waals surface area contributed by atoms with Crippen LogP contribution in [0.2, 0.25) is 5.02 Å². The van der Waals surface area contributed by atoms with Crippen LogP contribution < -0.4 is 10.5 Å². The van der Waals surface area contributed by atoms with Gasteiger partial charge in [0.25, 0.3) is 0 Å². The highest BCUT2D eigenvalue weighted by Crippen LogP contribution is 2.30. The van der Waals surface area contributed by atoms with Crippen molar-refractivity contribution in [1.29, 1.82) is 5.41 Å². The molecule has 0 aliphatic carbocycles. The van der Waals surface area contributed by atoms with Gasteiger partial charge in [-0.1, -0.05) is 48.3 Å². The largest absolute Gasteiger partial charge is 0.482 e. The van der Waals surface area contributed by atoms with Crippen LogP contribution in [-0.4, -0.2) is 47.2 Å². The van der Waals surface area contributed by atoms with Crippen molar-refractivity contribution >= 4 is 50.6 Å². The molecule has 1 aromatic heterocycles. The number of hydrogen-bond acceptors (Lipinski definition) is 5. The zero-order valence-corrected chi connectivity index (χ0v) is 21.4. The van der Waals surface area contributed by atoms with Crippen molar-refractivity contribution in [3.8, 4) is 5.75 Å². The molecule has 0 bridgehead atoms. The number of ketones is 1. The fraction of sp³-hybridized carbons (Fsp3) is 0.308. The van der Waals surface area contributed by atoms with E-state index in [-0.39, 0.29) is 11.0 Å². The molecule has 1 unspecified atom stereocenters. The Morgan fingerprint density at radius 2 is 2.00 bits per heavy atom. The number of allylic oxidation sites excluding steroid dienone is 1. The highest BCUT2D eigenvalue weighted by atomic mass is 35.5. The van der Waals surface area contributed by atoms with Crippen LogP contribution in [0.3, 0.4) is 0 Å². The van der Waals surface area contributed by atoms with Crippen molar-refractivity contribution in [2.24, 2.45) is 5.73 Å². The van der Waals surface area contributed by atoms with Crippen LogP contribution in [0.15, 0.2) is 48.8 Å². The summed E-state index contributed by atoms with van der Waals surface area (Å²) >= 11 is 12.1. The first-order chi connectivity index (χ1) is 16.2. The molecule has 2 aromatic carbocycles. The Labute approximate surface area is 210 Å². The smallest absolute Gasteiger partial charge is 0.205 e. The van der Waals surface area contributed by atoms with E-state index in [1.165, 1.54) is 6.20 Å². The first-order valence-electron chi connectivity index (χ1n) is 11.1. The second-order valence-corrected chi connectivity index (χ2v) is 9.27. The third-order valence-corrected chi connectivity index (χ3v) is 6.17. The molecule has 0 aliphatic rings. The molecule has 3 N–H and O–H groups in total. The van der Waals surface area contributed by atoms with E-state index in [4.69, 9.17) is 39.1 Å². The maximum atomic E-state index is 13.7. The van der Waals surface area contributed by atoms with E-state index < -0.39 is 6.10 Å². The lowest BCUT2D eigenvalue weighted by Crippen LogP contribution is -2.27. The van der Waals surface area contributed by atoms with Gasteiger partial charge >= 0.3 is 0 Å². The molecule has 0 saturated heterocycles. The average Bonchev–Trinajstić information content (AvgIpc) is 3.16. The number of aryl methyl sites for hydroxylation is 1. The molecule has 3 rings (SSSR count). The molecule has 0 amide bonds. The van der Waals surface area contributed by atoms with Crippen molar-refractivity contribution < 1.29 is 9.53 Å². The van der Waals surface area contributed by atoms with Crippen LogP contribution >= 0.6 is 23.2 Å². The highest BCUT2D eigenvalue weighted by Gasteiger charge is 2.25. The molecule has 180 valence electrons. The van der Waals surface area contributed by atoms with Gasteiger partial charge in [0.1, 0.15) is 10.9 Å². The van der Waals surface area contributed by atoms with Crippen LogP contribution in [0.25, 0.3) is 16.5 Å². The Balaban J connectivity index is 2.06. The Morgan fingerprint density at radius 1 is 1.26 bits per heavy atom. The van der Waals surface area contributed by atoms with E-state index in [9.17, 15) is 4.79 Å². The second kappa shape index (κ2) is 11.1. The predicted octanol–water partition coefficient (Wildman–Crippen LogP) is 5.72. The van der Waals surface area contributed by atoms with E-state index in [0.717, 1.165) is 28.6 Å². The number of fused-ring (bicyclic) bond motifs is 1. The SMILES string of the molecule is CCC(Oc1cc(Cl)ccc1C)C(=O)c1cn(CCN(C)C)c2cc(/C(=C/N)C(=N)Cl)ccc12. The monoisotopic (exact) mass is 500 g/mol. The topological polar surface area (TPSA) is 84.3 Å². The molecule has 0 fully saturated rings. The number of carbonyl (C=O) groups is 1. The summed E-state index contributed by atoms with van der Waals surface area (Å²) in [6.07, 6.45) is 3.07. The van der Waals surface area contributed by atoms with Crippen molar-refractivity contribution in [3.05, 3.63) is 70.5 Å². The lowest BCUT2D eigenvalue weighted by Gasteiger charge is -2.18. The van der Waals surface area contributed by atoms with E-state index in [1.54, 1.807) is 12.1 Å². The molecule has 1 atom stereocenters. The second-order valence-electron chi connectivity index (χ2n) is 8.45. The van der Waals surface area contributed by atoms with Gasteiger partial charge in [0.2, 0.25) is 5.78 Å². The van der Waals surface area contributed by atoms with Crippen molar-refractivity contribution in [1.82, 2.24) is 9.47 Å². The van der Waals surface area contributed by atoms with Gasteiger partial charge in [-0.05, 0) is 56.8 Å². The van der Waals surface area contributed by atoms with Crippen LogP contribution in [-0.2, 0) is 6.54 Å². The zero-order valence-electron chi connectivity index (χ0n) is 19.9. The van der Waals surface area contributed by atoms with Crippen molar-refractivity contribution in [2.75, 3.05) is 20.6 Å². The maximum Gasteiger partial charge on any atom is 0.205 e. The number of ether oxygens (including phenoxy) is 1. The normalized spacial score (nSPS) is 12.9. The molecule has 0 saturated carbocycles. The maximum absolute atomic E-state index is 13.7. The van der Waals surface area contributed by atoms with Gasteiger partial charge in [0, 0.05) is 52.5 Å². The van der Waals surface area contributed by atoms with Crippen molar-refractivity contribution in [2.45, 2.75) is 32.9 Å². The van der Waals surface area contributed by atoms with Gasteiger partial charge in [-0.15, -0.1) is 0 Å². The minimum absolute atomic E-state index is 0.0945. The van der Waals surface area contributed by atoms with E-state index in [0.29, 0.717) is 34.9 Å². The number of nitrogens with two attached hydrogens (primary N) is 1. The molecule has 0 aliphatic heterocycles. The fourth-order valence-electron chi connectivity index (χ4n) is 3.79. The molecule has 6 nitrogen and oxygen atoms in total. The molecule has 34 heavy (non-hydrogen) atoms. The number of aromatic nitrogens is 1. The van der Waals surface area contributed by atoms with Crippen LogP contribution in [0.5, 0.6) is 5.75 Å². The molecule has 0 radical (unpaired) electrons. The Hall–Kier alpha value is -2.80. The summed E-state index contributed by atoms with van der Waals surface area (Å²) in [5.74, 6) is 0.507. The lowest BCUT2D eigenvalue weighted by molar-refractivity contribution is 0.0787. The van der Waals surface area contributed by atoms with E-state index in [2.05, 4.69) is 9.47 Å². The Bertz CT molecular complexity index is 1250. The van der Waals surface area contributed by atoms with Gasteiger partial charge in [0.05, 0.1) is 0 Å². The van der Waals surface area contributed by atoms with Gasteiger partial charge < -0.3 is 19.9 Å². The summed E-state index contributed by atoms with van der Waals surface area (Å²) in [6, 6.07) is 11.0. The molecule has 3 aromatic rings. The number of likely N-dealkylation sites (N-methyl/N-ethyl adjacent to an activating group) is 1. The summed E-state index contributed by atoms with van der Waals surface area (Å²) < 4.78 is 8.19. The molecule has 1 heterocycles. The highest BCUT2D eigenvalue weighted by molar-refractivity contribution is 6.75. The summed E-state index contributed by atoms with van der Waals surface area (Å²) in [5, 5.41) is 9.04. The minimum Gasteiger partial charge on any atom is -0.482 e. The van der Waals surface area contributed by atoms with Gasteiger partial charge in [-0.2, -0.15) is 0 Å². The van der Waals surface area contributed by atoms with Crippen LogP contribution in [0, 0.1) is 12.3 Å². The van der Waals surface area contributed by atoms with Crippen LogP contribution in [0.4, 0.5) is 0 Å². The van der Waals surface area contributed by atoms with Crippen molar-refractivity contribution in [3.63, 3.8) is 0 Å². The number of halogens is 2. The summed E-state index contributed by atoms with van der Waals surface area (Å²) in [5.41, 5.74) is 9.24. The molecular weight excluding hydrogens is 471 g/mol. The Morgan fingerprint density at radius 3 is 2.62 bits per heavy atom. The first kappa shape index (κ1) is 25.8. The molecule has 8 heteroatoms. The molecule has 0 spiro atoms. The van der Waals surface area contributed by atoms with E-state index in [1.807, 2.05) is 58.4 Å². The average molecular weight is 501 g/mol. The first-order valence-corrected chi connectivity index (χ1v) is 11.8. The minimum atomic E-state index is -0.653. The summed E-state index contributed by atoms with van der Waals surface area (Å²) in [6.45, 7) is 5.33. The summed E-state index contributed by atoms with van der Waals surface area (Å²) in [7, 11) is 4.00. The lowest BCUT2D eigenvalue weighted by atomic mass is 10.0.